The van der Waals surface area contributed by atoms with E-state index in [4.69, 9.17) is 16.6 Å². The van der Waals surface area contributed by atoms with Gasteiger partial charge in [-0.15, -0.1) is 23.1 Å². The number of guanidine groups is 1. The van der Waals surface area contributed by atoms with Gasteiger partial charge in [0.05, 0.1) is 16.8 Å². The lowest BCUT2D eigenvalue weighted by molar-refractivity contribution is -0.139. The maximum atomic E-state index is 13.4. The van der Waals surface area contributed by atoms with Gasteiger partial charge in [0, 0.05) is 30.3 Å². The van der Waals surface area contributed by atoms with Crippen molar-refractivity contribution in [1.29, 1.82) is 0 Å². The average molecular weight is 734 g/mol. The van der Waals surface area contributed by atoms with Crippen molar-refractivity contribution in [2.24, 2.45) is 33.3 Å². The molecule has 4 amide bonds. The lowest BCUT2D eigenvalue weighted by atomic mass is 9.92. The van der Waals surface area contributed by atoms with Crippen LogP contribution in [0.1, 0.15) is 57.9 Å². The van der Waals surface area contributed by atoms with Crippen LogP contribution in [0.5, 0.6) is 0 Å². The van der Waals surface area contributed by atoms with Crippen LogP contribution in [0.15, 0.2) is 28.2 Å². The van der Waals surface area contributed by atoms with E-state index in [2.05, 4.69) is 36.2 Å². The lowest BCUT2D eigenvalue weighted by Gasteiger charge is -2.23. The van der Waals surface area contributed by atoms with Gasteiger partial charge in [-0.05, 0) is 43.4 Å². The normalized spacial score (nSPS) is 16.3. The molecule has 5 atom stereocenters. The van der Waals surface area contributed by atoms with Gasteiger partial charge < -0.3 is 42.9 Å². The quantitative estimate of drug-likeness (QED) is 0.0567. The summed E-state index contributed by atoms with van der Waals surface area (Å²) in [4.78, 5) is 87.2. The number of aliphatic imine (C=N–C) groups is 2. The number of hydrogen-bond acceptors (Lipinski definition) is 11. The second-order valence-corrected chi connectivity index (χ2v) is 13.8. The molecule has 0 spiro atoms. The van der Waals surface area contributed by atoms with Gasteiger partial charge in [0.15, 0.2) is 12.0 Å². The van der Waals surface area contributed by atoms with Gasteiger partial charge in [-0.25, -0.2) is 9.78 Å². The molecule has 1 aliphatic rings. The van der Waals surface area contributed by atoms with E-state index in [1.54, 1.807) is 25.1 Å². The Morgan fingerprint density at radius 3 is 2.38 bits per heavy atom. The number of aliphatic carboxylic acids is 2. The SMILES string of the molecule is CCC(C)C(C)C(=O)NC(CCC(=O)O)C(=O)NCC(=O)NC(CCCN=C(N)N)C(=O)Nc1ccc2nc(C3=NC(C(=O)O)CS3)sc2c1. The van der Waals surface area contributed by atoms with Crippen LogP contribution in [0.25, 0.3) is 10.2 Å². The van der Waals surface area contributed by atoms with Crippen molar-refractivity contribution >= 4 is 85.6 Å². The summed E-state index contributed by atoms with van der Waals surface area (Å²) in [5, 5.41) is 29.9. The van der Waals surface area contributed by atoms with Gasteiger partial charge in [0.2, 0.25) is 23.6 Å². The number of carbonyl (C=O) groups excluding carboxylic acids is 4. The number of nitrogens with two attached hydrogens (primary N) is 2. The van der Waals surface area contributed by atoms with Crippen molar-refractivity contribution in [2.75, 3.05) is 24.2 Å². The molecule has 272 valence electrons. The van der Waals surface area contributed by atoms with E-state index in [1.165, 1.54) is 23.1 Å². The maximum absolute atomic E-state index is 13.4. The molecule has 5 unspecified atom stereocenters. The lowest BCUT2D eigenvalue weighted by Crippen LogP contribution is -2.52. The molecule has 17 nitrogen and oxygen atoms in total. The summed E-state index contributed by atoms with van der Waals surface area (Å²) in [7, 11) is 0. The Hall–Kier alpha value is -4.78. The number of nitrogens with one attached hydrogen (secondary N) is 4. The van der Waals surface area contributed by atoms with Crippen molar-refractivity contribution in [3.05, 3.63) is 23.2 Å². The number of benzene rings is 1. The molecular weight excluding hydrogens is 691 g/mol. The number of carboxylic acids is 2. The highest BCUT2D eigenvalue weighted by atomic mass is 32.2. The van der Waals surface area contributed by atoms with Gasteiger partial charge >= 0.3 is 11.9 Å². The maximum Gasteiger partial charge on any atom is 0.329 e. The fourth-order valence-corrected chi connectivity index (χ4v) is 6.80. The Kier molecular flexibility index (Phi) is 14.9. The summed E-state index contributed by atoms with van der Waals surface area (Å²) < 4.78 is 0.721. The first kappa shape index (κ1) is 39.7. The predicted molar refractivity (Wildman–Crippen MR) is 191 cm³/mol. The molecule has 0 aliphatic carbocycles. The number of fused-ring (bicyclic) bond motifs is 1. The number of carboxylic acid groups (broad SMARTS) is 2. The summed E-state index contributed by atoms with van der Waals surface area (Å²) in [6.45, 7) is 5.19. The van der Waals surface area contributed by atoms with Crippen LogP contribution in [-0.4, -0.2) is 98.7 Å². The summed E-state index contributed by atoms with van der Waals surface area (Å²) in [5.41, 5.74) is 11.9. The molecule has 19 heteroatoms. The molecule has 0 radical (unpaired) electrons. The monoisotopic (exact) mass is 733 g/mol. The second-order valence-electron chi connectivity index (χ2n) is 11.7. The first-order valence-corrected chi connectivity index (χ1v) is 17.8. The fraction of sp³-hybridized carbons (Fsp3) is 0.516. The molecule has 0 saturated heterocycles. The van der Waals surface area contributed by atoms with Gasteiger partial charge in [-0.1, -0.05) is 27.2 Å². The highest BCUT2D eigenvalue weighted by molar-refractivity contribution is 8.15. The number of aromatic nitrogens is 1. The highest BCUT2D eigenvalue weighted by Gasteiger charge is 2.29. The average Bonchev–Trinajstić information content (AvgIpc) is 3.73. The number of nitrogens with zero attached hydrogens (tertiary/aromatic N) is 3. The van der Waals surface area contributed by atoms with Crippen LogP contribution in [-0.2, 0) is 28.8 Å². The number of thiazole rings is 1. The third kappa shape index (κ3) is 12.0. The molecule has 0 saturated carbocycles. The van der Waals surface area contributed by atoms with Crippen molar-refractivity contribution < 1.29 is 39.0 Å². The van der Waals surface area contributed by atoms with Gasteiger partial charge in [-0.2, -0.15) is 0 Å². The van der Waals surface area contributed by atoms with E-state index in [9.17, 15) is 33.9 Å². The second kappa shape index (κ2) is 18.8. The zero-order chi connectivity index (χ0) is 37.0. The standard InChI is InChI=1S/C31H43N9O8S2/c1-4-15(2)16(3)25(44)38-20(9-10-24(42)43)26(45)35-13-23(41)37-19(6-5-11-34-31(32)33)27(46)36-17-7-8-18-22(12-17)50-29(39-18)28-40-21(14-49-28)30(47)48/h7-8,12,15-16,19-21H,4-6,9-11,13-14H2,1-3H3,(H,35,45)(H,36,46)(H,37,41)(H,38,44)(H,42,43)(H,47,48)(H4,32,33,34). The zero-order valence-electron chi connectivity index (χ0n) is 27.9. The molecular formula is C31H43N9O8S2. The summed E-state index contributed by atoms with van der Waals surface area (Å²) in [6, 6.07) is 1.97. The van der Waals surface area contributed by atoms with Gasteiger partial charge in [0.1, 0.15) is 22.1 Å². The minimum absolute atomic E-state index is 0.0277. The molecule has 1 aliphatic heterocycles. The molecule has 0 fully saturated rings. The van der Waals surface area contributed by atoms with E-state index in [0.717, 1.165) is 11.1 Å². The minimum atomic E-state index is -1.18. The largest absolute Gasteiger partial charge is 0.481 e. The Morgan fingerprint density at radius 1 is 1.02 bits per heavy atom. The molecule has 1 aromatic carbocycles. The van der Waals surface area contributed by atoms with Crippen LogP contribution in [0, 0.1) is 11.8 Å². The Bertz CT molecular complexity index is 1640. The molecule has 2 aromatic rings. The topological polar surface area (TPSA) is 281 Å². The van der Waals surface area contributed by atoms with Crippen molar-refractivity contribution in [2.45, 2.75) is 71.0 Å². The molecule has 0 bridgehead atoms. The summed E-state index contributed by atoms with van der Waals surface area (Å²) >= 11 is 2.61. The van der Waals surface area contributed by atoms with Crippen LogP contribution < -0.4 is 32.7 Å². The Labute approximate surface area is 296 Å². The molecule has 10 N–H and O–H groups in total. The fourth-order valence-electron chi connectivity index (χ4n) is 4.70. The number of carbonyl (C=O) groups is 6. The number of thioether (sulfide) groups is 1. The van der Waals surface area contributed by atoms with Crippen LogP contribution in [0.4, 0.5) is 5.69 Å². The Morgan fingerprint density at radius 2 is 1.74 bits per heavy atom. The summed E-state index contributed by atoms with van der Waals surface area (Å²) in [6.07, 6.45) is 0.636. The first-order valence-electron chi connectivity index (χ1n) is 16.0. The van der Waals surface area contributed by atoms with Crippen LogP contribution in [0.3, 0.4) is 0 Å². The zero-order valence-corrected chi connectivity index (χ0v) is 29.6. The molecule has 2 heterocycles. The van der Waals surface area contributed by atoms with Crippen molar-refractivity contribution in [3.63, 3.8) is 0 Å². The van der Waals surface area contributed by atoms with Crippen molar-refractivity contribution in [1.82, 2.24) is 20.9 Å². The predicted octanol–water partition coefficient (Wildman–Crippen LogP) is 0.868. The number of rotatable bonds is 19. The van der Waals surface area contributed by atoms with E-state index >= 15 is 0 Å². The van der Waals surface area contributed by atoms with E-state index in [-0.39, 0.29) is 37.7 Å². The molecule has 50 heavy (non-hydrogen) atoms. The number of amides is 4. The number of anilines is 1. The first-order chi connectivity index (χ1) is 23.7. The van der Waals surface area contributed by atoms with E-state index in [0.29, 0.717) is 33.4 Å². The third-order valence-electron chi connectivity index (χ3n) is 7.99. The third-order valence-corrected chi connectivity index (χ3v) is 10.2. The number of hydrogen-bond donors (Lipinski definition) is 8. The Balaban J connectivity index is 1.67. The smallest absolute Gasteiger partial charge is 0.329 e. The summed E-state index contributed by atoms with van der Waals surface area (Å²) in [5.74, 6) is -4.75. The molecule has 1 aromatic heterocycles. The van der Waals surface area contributed by atoms with E-state index in [1.807, 2.05) is 13.8 Å². The van der Waals surface area contributed by atoms with Gasteiger partial charge in [0.25, 0.3) is 0 Å². The van der Waals surface area contributed by atoms with Crippen LogP contribution in [0.2, 0.25) is 0 Å². The minimum Gasteiger partial charge on any atom is -0.481 e. The molecule has 3 rings (SSSR count). The van der Waals surface area contributed by atoms with Crippen molar-refractivity contribution in [3.8, 4) is 0 Å². The van der Waals surface area contributed by atoms with Gasteiger partial charge in [-0.3, -0.25) is 34.0 Å². The van der Waals surface area contributed by atoms with E-state index < -0.39 is 66.2 Å². The highest BCUT2D eigenvalue weighted by Crippen LogP contribution is 2.31. The van der Waals surface area contributed by atoms with Crippen LogP contribution >= 0.6 is 23.1 Å².